The van der Waals surface area contributed by atoms with E-state index in [4.69, 9.17) is 0 Å². The minimum absolute atomic E-state index is 0.858. The van der Waals surface area contributed by atoms with Gasteiger partial charge in [0.15, 0.2) is 0 Å². The summed E-state index contributed by atoms with van der Waals surface area (Å²) >= 11 is 5.40. The lowest BCUT2D eigenvalue weighted by molar-refractivity contribution is 0.592. The van der Waals surface area contributed by atoms with Gasteiger partial charge in [0.25, 0.3) is 0 Å². The van der Waals surface area contributed by atoms with Crippen molar-refractivity contribution in [1.29, 1.82) is 0 Å². The van der Waals surface area contributed by atoms with Crippen molar-refractivity contribution in [3.63, 3.8) is 0 Å². The molecule has 0 fully saturated rings. The van der Waals surface area contributed by atoms with Gasteiger partial charge in [0.2, 0.25) is 0 Å². The summed E-state index contributed by atoms with van der Waals surface area (Å²) in [6.45, 7) is 2.29. The lowest BCUT2D eigenvalue weighted by atomic mass is 10.1. The van der Waals surface area contributed by atoms with Crippen LogP contribution in [0.5, 0.6) is 0 Å². The van der Waals surface area contributed by atoms with Crippen molar-refractivity contribution in [2.75, 3.05) is 17.3 Å². The molecule has 0 bridgehead atoms. The molecule has 2 heteroatoms. The molecule has 1 atom stereocenters. The van der Waals surface area contributed by atoms with Crippen molar-refractivity contribution in [3.8, 4) is 0 Å². The van der Waals surface area contributed by atoms with Gasteiger partial charge in [-0.3, -0.25) is 0 Å². The van der Waals surface area contributed by atoms with E-state index >= 15 is 0 Å². The van der Waals surface area contributed by atoms with Gasteiger partial charge in [-0.1, -0.05) is 22.9 Å². The average molecular weight is 211 g/mol. The van der Waals surface area contributed by atoms with Crippen LogP contribution >= 0.6 is 27.7 Å². The van der Waals surface area contributed by atoms with Gasteiger partial charge < -0.3 is 0 Å². The standard InChI is InChI=1S/C7H15BrS/c1-7(6-8)4-3-5-9-2/h7H,3-6H2,1-2H3. The molecule has 0 heterocycles. The molecule has 0 radical (unpaired) electrons. The fourth-order valence-corrected chi connectivity index (χ4v) is 1.43. The number of thioether (sulfide) groups is 1. The summed E-state index contributed by atoms with van der Waals surface area (Å²) in [6, 6.07) is 0. The van der Waals surface area contributed by atoms with Crippen LogP contribution in [0.3, 0.4) is 0 Å². The zero-order chi connectivity index (χ0) is 7.11. The Morgan fingerprint density at radius 2 is 2.22 bits per heavy atom. The molecular formula is C7H15BrS. The number of rotatable bonds is 5. The van der Waals surface area contributed by atoms with Gasteiger partial charge in [-0.25, -0.2) is 0 Å². The third kappa shape index (κ3) is 6.72. The van der Waals surface area contributed by atoms with Gasteiger partial charge in [0.1, 0.15) is 0 Å². The Balaban J connectivity index is 2.88. The van der Waals surface area contributed by atoms with Crippen molar-refractivity contribution >= 4 is 27.7 Å². The quantitative estimate of drug-likeness (QED) is 0.497. The summed E-state index contributed by atoms with van der Waals surface area (Å²) in [5.41, 5.74) is 0. The predicted molar refractivity (Wildman–Crippen MR) is 50.6 cm³/mol. The highest BCUT2D eigenvalue weighted by molar-refractivity contribution is 9.09. The van der Waals surface area contributed by atoms with Crippen LogP contribution in [0.2, 0.25) is 0 Å². The highest BCUT2D eigenvalue weighted by atomic mass is 79.9. The highest BCUT2D eigenvalue weighted by Gasteiger charge is 1.97. The Bertz CT molecular complexity index is 56.9. The van der Waals surface area contributed by atoms with Crippen molar-refractivity contribution in [2.45, 2.75) is 19.8 Å². The van der Waals surface area contributed by atoms with Crippen LogP contribution in [0.1, 0.15) is 19.8 Å². The van der Waals surface area contributed by atoms with Crippen LogP contribution in [0, 0.1) is 5.92 Å². The van der Waals surface area contributed by atoms with Crippen LogP contribution in [-0.4, -0.2) is 17.3 Å². The first kappa shape index (κ1) is 9.83. The topological polar surface area (TPSA) is 0 Å². The monoisotopic (exact) mass is 210 g/mol. The van der Waals surface area contributed by atoms with Crippen molar-refractivity contribution < 1.29 is 0 Å². The summed E-state index contributed by atoms with van der Waals surface area (Å²) < 4.78 is 0. The minimum Gasteiger partial charge on any atom is -0.165 e. The maximum Gasteiger partial charge on any atom is 0.00570 e. The molecule has 0 amide bonds. The lowest BCUT2D eigenvalue weighted by Crippen LogP contribution is -1.95. The number of alkyl halides is 1. The third-order valence-electron chi connectivity index (χ3n) is 1.31. The fourth-order valence-electron chi connectivity index (χ4n) is 0.653. The first-order valence-corrected chi connectivity index (χ1v) is 5.87. The minimum atomic E-state index is 0.858. The summed E-state index contributed by atoms with van der Waals surface area (Å²) in [6.07, 6.45) is 4.90. The smallest absolute Gasteiger partial charge is 0.00570 e. The summed E-state index contributed by atoms with van der Waals surface area (Å²) in [5, 5.41) is 1.15. The molecule has 0 nitrogen and oxygen atoms in total. The number of halogens is 1. The Morgan fingerprint density at radius 3 is 2.67 bits per heavy atom. The van der Waals surface area contributed by atoms with Crippen LogP contribution in [0.15, 0.2) is 0 Å². The molecule has 0 aliphatic carbocycles. The van der Waals surface area contributed by atoms with Crippen LogP contribution in [-0.2, 0) is 0 Å². The lowest BCUT2D eigenvalue weighted by Gasteiger charge is -2.04. The van der Waals surface area contributed by atoms with Crippen LogP contribution in [0.25, 0.3) is 0 Å². The Morgan fingerprint density at radius 1 is 1.56 bits per heavy atom. The maximum absolute atomic E-state index is 3.46. The van der Waals surface area contributed by atoms with Gasteiger partial charge in [0, 0.05) is 5.33 Å². The second kappa shape index (κ2) is 6.94. The van der Waals surface area contributed by atoms with E-state index in [1.165, 1.54) is 18.6 Å². The molecule has 0 aromatic rings. The molecule has 0 aliphatic rings. The highest BCUT2D eigenvalue weighted by Crippen LogP contribution is 2.10. The summed E-state index contributed by atoms with van der Waals surface area (Å²) in [5.74, 6) is 2.18. The molecule has 9 heavy (non-hydrogen) atoms. The van der Waals surface area contributed by atoms with Gasteiger partial charge in [-0.2, -0.15) is 11.8 Å². The molecule has 0 aromatic carbocycles. The molecule has 0 aliphatic heterocycles. The van der Waals surface area contributed by atoms with Crippen molar-refractivity contribution in [1.82, 2.24) is 0 Å². The second-order valence-electron chi connectivity index (χ2n) is 2.39. The first-order chi connectivity index (χ1) is 4.31. The first-order valence-electron chi connectivity index (χ1n) is 3.36. The van der Waals surface area contributed by atoms with E-state index in [-0.39, 0.29) is 0 Å². The van der Waals surface area contributed by atoms with Crippen molar-refractivity contribution in [3.05, 3.63) is 0 Å². The maximum atomic E-state index is 3.46. The number of hydrogen-bond acceptors (Lipinski definition) is 1. The van der Waals surface area contributed by atoms with E-state index in [0.717, 1.165) is 11.2 Å². The summed E-state index contributed by atoms with van der Waals surface area (Å²) in [7, 11) is 0. The third-order valence-corrected chi connectivity index (χ3v) is 3.11. The molecule has 0 aromatic heterocycles. The van der Waals surface area contributed by atoms with E-state index in [1.54, 1.807) is 0 Å². The predicted octanol–water partition coefficient (Wildman–Crippen LogP) is 3.16. The van der Waals surface area contributed by atoms with Crippen molar-refractivity contribution in [2.24, 2.45) is 5.92 Å². The average Bonchev–Trinajstić information content (AvgIpc) is 1.89. The van der Waals surface area contributed by atoms with E-state index in [2.05, 4.69) is 29.1 Å². The largest absolute Gasteiger partial charge is 0.165 e. The van der Waals surface area contributed by atoms with Gasteiger partial charge in [-0.05, 0) is 30.8 Å². The molecule has 0 N–H and O–H groups in total. The Hall–Kier alpha value is 0.830. The Labute approximate surface area is 70.9 Å². The Kier molecular flexibility index (Phi) is 7.58. The van der Waals surface area contributed by atoms with E-state index in [9.17, 15) is 0 Å². The molecule has 0 saturated carbocycles. The fraction of sp³-hybridized carbons (Fsp3) is 1.00. The van der Waals surface area contributed by atoms with Crippen LogP contribution in [0.4, 0.5) is 0 Å². The zero-order valence-corrected chi connectivity index (χ0v) is 8.59. The molecule has 0 spiro atoms. The summed E-state index contributed by atoms with van der Waals surface area (Å²) in [4.78, 5) is 0. The molecule has 56 valence electrons. The molecular weight excluding hydrogens is 196 g/mol. The van der Waals surface area contributed by atoms with E-state index in [0.29, 0.717) is 0 Å². The zero-order valence-electron chi connectivity index (χ0n) is 6.19. The molecule has 0 saturated heterocycles. The van der Waals surface area contributed by atoms with Gasteiger partial charge in [0.05, 0.1) is 0 Å². The molecule has 1 unspecified atom stereocenters. The van der Waals surface area contributed by atoms with Gasteiger partial charge in [-0.15, -0.1) is 0 Å². The second-order valence-corrected chi connectivity index (χ2v) is 4.03. The van der Waals surface area contributed by atoms with E-state index < -0.39 is 0 Å². The molecule has 0 rings (SSSR count). The normalized spacial score (nSPS) is 13.7. The number of hydrogen-bond donors (Lipinski definition) is 0. The SMILES string of the molecule is CSCCCC(C)CBr. The van der Waals surface area contributed by atoms with Crippen LogP contribution < -0.4 is 0 Å². The van der Waals surface area contributed by atoms with Gasteiger partial charge >= 0.3 is 0 Å². The van der Waals surface area contributed by atoms with E-state index in [1.807, 2.05) is 11.8 Å².